The second-order valence-electron chi connectivity index (χ2n) is 7.77. The van der Waals surface area contributed by atoms with Gasteiger partial charge in [0.15, 0.2) is 17.3 Å². The predicted molar refractivity (Wildman–Crippen MR) is 114 cm³/mol. The maximum atomic E-state index is 13.3. The molecule has 1 aliphatic heterocycles. The fourth-order valence-electron chi connectivity index (χ4n) is 3.73. The summed E-state index contributed by atoms with van der Waals surface area (Å²) in [6, 6.07) is 4.15. The van der Waals surface area contributed by atoms with Gasteiger partial charge in [-0.15, -0.1) is 0 Å². The molecule has 1 aromatic heterocycles. The maximum absolute atomic E-state index is 13.3. The van der Waals surface area contributed by atoms with Crippen LogP contribution >= 0.6 is 0 Å². The minimum atomic E-state index is -1.78. The Morgan fingerprint density at radius 2 is 1.50 bits per heavy atom. The number of hydrogen-bond donors (Lipinski definition) is 7. The number of phenolic OH excluding ortho intramolecular Hbond substituents is 4. The number of phenols is 4. The van der Waals surface area contributed by atoms with Gasteiger partial charge >= 0.3 is 0 Å². The molecule has 7 N–H and O–H groups in total. The molecule has 34 heavy (non-hydrogen) atoms. The summed E-state index contributed by atoms with van der Waals surface area (Å²) in [6.07, 6.45) is -7.50. The van der Waals surface area contributed by atoms with Gasteiger partial charge in [0.2, 0.25) is 23.2 Å². The molecular weight excluding hydrogens is 456 g/mol. The van der Waals surface area contributed by atoms with Crippen molar-refractivity contribution >= 4 is 11.0 Å². The Morgan fingerprint density at radius 3 is 2.12 bits per heavy atom. The highest BCUT2D eigenvalue weighted by atomic mass is 16.7. The van der Waals surface area contributed by atoms with Crippen LogP contribution in [0.2, 0.25) is 0 Å². The lowest BCUT2D eigenvalue weighted by molar-refractivity contribution is -0.268. The van der Waals surface area contributed by atoms with Gasteiger partial charge in [0, 0.05) is 17.7 Å². The van der Waals surface area contributed by atoms with Crippen molar-refractivity contribution in [1.82, 2.24) is 0 Å². The Hall–Kier alpha value is -3.71. The third-order valence-electron chi connectivity index (χ3n) is 5.48. The summed E-state index contributed by atoms with van der Waals surface area (Å²) < 4.78 is 21.6. The molecule has 0 amide bonds. The van der Waals surface area contributed by atoms with E-state index in [1.165, 1.54) is 14.0 Å². The van der Waals surface area contributed by atoms with Crippen LogP contribution in [0.15, 0.2) is 33.5 Å². The topological polar surface area (TPSA) is 200 Å². The molecule has 1 fully saturated rings. The Balaban J connectivity index is 1.94. The van der Waals surface area contributed by atoms with E-state index in [0.717, 1.165) is 24.3 Å². The molecule has 0 radical (unpaired) electrons. The van der Waals surface area contributed by atoms with Gasteiger partial charge in [-0.3, -0.25) is 4.79 Å². The van der Waals surface area contributed by atoms with Gasteiger partial charge in [-0.05, 0) is 19.1 Å². The van der Waals surface area contributed by atoms with Crippen molar-refractivity contribution in [2.45, 2.75) is 37.6 Å². The van der Waals surface area contributed by atoms with Crippen LogP contribution in [0.25, 0.3) is 22.3 Å². The molecular formula is C22H22O12. The molecule has 0 saturated carbocycles. The van der Waals surface area contributed by atoms with Gasteiger partial charge in [0.1, 0.15) is 40.8 Å². The summed E-state index contributed by atoms with van der Waals surface area (Å²) in [5.41, 5.74) is -1.28. The molecule has 0 unspecified atom stereocenters. The monoisotopic (exact) mass is 478 g/mol. The van der Waals surface area contributed by atoms with Crippen molar-refractivity contribution < 1.29 is 54.4 Å². The number of rotatable bonds is 4. The van der Waals surface area contributed by atoms with Crippen LogP contribution in [0.5, 0.6) is 34.5 Å². The smallest absolute Gasteiger partial charge is 0.239 e. The number of benzene rings is 2. The van der Waals surface area contributed by atoms with Crippen molar-refractivity contribution in [3.05, 3.63) is 34.5 Å². The second kappa shape index (κ2) is 8.57. The largest absolute Gasteiger partial charge is 0.508 e. The molecule has 3 aromatic rings. The SMILES string of the molecule is COc1c(O)cc(-c2oc3cc(O)cc(O)c3c(=O)c2O[C@@H]2O[C@@H](C)[C@H](O)[C@@H](O)[C@@H]2O)cc1O. The van der Waals surface area contributed by atoms with E-state index in [1.54, 1.807) is 0 Å². The first-order valence-electron chi connectivity index (χ1n) is 10.0. The van der Waals surface area contributed by atoms with Gasteiger partial charge in [0.25, 0.3) is 0 Å². The van der Waals surface area contributed by atoms with Crippen LogP contribution in [-0.4, -0.2) is 73.6 Å². The van der Waals surface area contributed by atoms with Crippen LogP contribution < -0.4 is 14.9 Å². The minimum absolute atomic E-state index is 0.0773. The highest BCUT2D eigenvalue weighted by Gasteiger charge is 2.44. The first kappa shape index (κ1) is 23.4. The van der Waals surface area contributed by atoms with E-state index in [2.05, 4.69) is 0 Å². The van der Waals surface area contributed by atoms with E-state index in [-0.39, 0.29) is 28.0 Å². The summed E-state index contributed by atoms with van der Waals surface area (Å²) in [6.45, 7) is 1.41. The molecule has 2 heterocycles. The molecule has 5 atom stereocenters. The third-order valence-corrected chi connectivity index (χ3v) is 5.48. The molecule has 0 spiro atoms. The highest BCUT2D eigenvalue weighted by molar-refractivity contribution is 5.88. The summed E-state index contributed by atoms with van der Waals surface area (Å²) >= 11 is 0. The van der Waals surface area contributed by atoms with Crippen LogP contribution in [0, 0.1) is 0 Å². The molecule has 12 heteroatoms. The number of hydrogen-bond acceptors (Lipinski definition) is 12. The fourth-order valence-corrected chi connectivity index (χ4v) is 3.73. The van der Waals surface area contributed by atoms with Gasteiger partial charge in [0.05, 0.1) is 13.2 Å². The van der Waals surface area contributed by atoms with E-state index >= 15 is 0 Å². The van der Waals surface area contributed by atoms with Crippen molar-refractivity contribution in [3.63, 3.8) is 0 Å². The third kappa shape index (κ3) is 3.82. The molecule has 0 aliphatic carbocycles. The lowest BCUT2D eigenvalue weighted by Gasteiger charge is -2.38. The van der Waals surface area contributed by atoms with Crippen molar-refractivity contribution in [2.24, 2.45) is 0 Å². The molecule has 1 saturated heterocycles. The maximum Gasteiger partial charge on any atom is 0.239 e. The summed E-state index contributed by atoms with van der Waals surface area (Å²) in [4.78, 5) is 13.3. The number of aromatic hydroxyl groups is 4. The van der Waals surface area contributed by atoms with E-state index in [4.69, 9.17) is 18.6 Å². The fraction of sp³-hybridized carbons (Fsp3) is 0.318. The number of aliphatic hydroxyl groups is 3. The zero-order chi connectivity index (χ0) is 24.9. The van der Waals surface area contributed by atoms with E-state index in [9.17, 15) is 40.5 Å². The summed E-state index contributed by atoms with van der Waals surface area (Å²) in [5, 5.41) is 70.4. The van der Waals surface area contributed by atoms with Crippen LogP contribution in [0.3, 0.4) is 0 Å². The average Bonchev–Trinajstić information content (AvgIpc) is 2.76. The Labute approximate surface area is 191 Å². The number of aliphatic hydroxyl groups excluding tert-OH is 3. The number of methoxy groups -OCH3 is 1. The zero-order valence-corrected chi connectivity index (χ0v) is 17.9. The van der Waals surface area contributed by atoms with Gasteiger partial charge in [-0.1, -0.05) is 0 Å². The number of ether oxygens (including phenoxy) is 3. The quantitative estimate of drug-likeness (QED) is 0.274. The van der Waals surface area contributed by atoms with Gasteiger partial charge in [-0.2, -0.15) is 0 Å². The molecule has 182 valence electrons. The summed E-state index contributed by atoms with van der Waals surface area (Å²) in [7, 11) is 1.22. The molecule has 0 bridgehead atoms. The first-order valence-corrected chi connectivity index (χ1v) is 10.0. The van der Waals surface area contributed by atoms with Gasteiger partial charge in [-0.25, -0.2) is 0 Å². The summed E-state index contributed by atoms with van der Waals surface area (Å²) in [5.74, 6) is -3.30. The Kier molecular flexibility index (Phi) is 5.91. The van der Waals surface area contributed by atoms with E-state index in [1.807, 2.05) is 0 Å². The lowest BCUT2D eigenvalue weighted by atomic mass is 10.00. The molecule has 12 nitrogen and oxygen atoms in total. The van der Waals surface area contributed by atoms with Gasteiger partial charge < -0.3 is 54.4 Å². The van der Waals surface area contributed by atoms with E-state index < -0.39 is 64.9 Å². The standard InChI is InChI=1S/C22H22O12/c1-7-15(27)17(29)18(30)22(32-7)34-21-16(28)14-10(24)5-9(23)6-13(14)33-19(21)8-3-11(25)20(31-2)12(26)4-8/h3-7,15,17-18,22-27,29-30H,1-2H3/t7-,15-,17+,18-,22-/m0/s1. The number of fused-ring (bicyclic) bond motifs is 1. The second-order valence-corrected chi connectivity index (χ2v) is 7.77. The van der Waals surface area contributed by atoms with Crippen molar-refractivity contribution in [3.8, 4) is 45.8 Å². The molecule has 4 rings (SSSR count). The first-order chi connectivity index (χ1) is 16.0. The Morgan fingerprint density at radius 1 is 0.853 bits per heavy atom. The van der Waals surface area contributed by atoms with Crippen molar-refractivity contribution in [2.75, 3.05) is 7.11 Å². The minimum Gasteiger partial charge on any atom is -0.508 e. The van der Waals surface area contributed by atoms with Crippen molar-refractivity contribution in [1.29, 1.82) is 0 Å². The molecule has 2 aromatic carbocycles. The lowest BCUT2D eigenvalue weighted by Crippen LogP contribution is -2.58. The average molecular weight is 478 g/mol. The van der Waals surface area contributed by atoms with E-state index in [0.29, 0.717) is 0 Å². The van der Waals surface area contributed by atoms with Crippen LogP contribution in [0.4, 0.5) is 0 Å². The van der Waals surface area contributed by atoms with Crippen LogP contribution in [-0.2, 0) is 4.74 Å². The highest BCUT2D eigenvalue weighted by Crippen LogP contribution is 2.43. The van der Waals surface area contributed by atoms with Crippen LogP contribution in [0.1, 0.15) is 6.92 Å². The zero-order valence-electron chi connectivity index (χ0n) is 17.9. The normalized spacial score (nSPS) is 24.8. The molecule has 1 aliphatic rings. The Bertz CT molecular complexity index is 1280. The predicted octanol–water partition coefficient (Wildman–Crippen LogP) is 0.497.